The van der Waals surface area contributed by atoms with Gasteiger partial charge in [-0.25, -0.2) is 9.78 Å². The number of nitrogens with zero attached hydrogens (tertiary/aromatic N) is 3. The summed E-state index contributed by atoms with van der Waals surface area (Å²) in [6.45, 7) is 5.66. The monoisotopic (exact) mass is 438 g/mol. The second-order valence-electron chi connectivity index (χ2n) is 8.11. The molecule has 2 aliphatic rings. The average molecular weight is 439 g/mol. The molecule has 2 fully saturated rings. The van der Waals surface area contributed by atoms with Crippen LogP contribution >= 0.6 is 11.3 Å². The molecule has 1 saturated carbocycles. The van der Waals surface area contributed by atoms with Crippen molar-refractivity contribution in [3.63, 3.8) is 0 Å². The van der Waals surface area contributed by atoms with Crippen LogP contribution in [0.1, 0.15) is 32.6 Å². The number of carbonyl (C=O) groups excluding carboxylic acids is 3. The van der Waals surface area contributed by atoms with Gasteiger partial charge in [-0.1, -0.05) is 56.2 Å². The van der Waals surface area contributed by atoms with Crippen molar-refractivity contribution in [2.24, 2.45) is 5.92 Å². The van der Waals surface area contributed by atoms with E-state index in [1.54, 1.807) is 6.08 Å². The summed E-state index contributed by atoms with van der Waals surface area (Å²) in [5, 5.41) is 5.29. The van der Waals surface area contributed by atoms with Crippen LogP contribution in [0.15, 0.2) is 48.4 Å². The van der Waals surface area contributed by atoms with Gasteiger partial charge < -0.3 is 5.32 Å². The third-order valence-corrected chi connectivity index (χ3v) is 7.06. The molecule has 2 atom stereocenters. The number of rotatable bonds is 6. The standard InChI is InChI=1S/C23H26N4O3S/c1-3-13-26(22-24-18(15-31-22)17-10-5-4-6-11-17)19(28)14-27-20(29)23(25-21(27)30)12-8-7-9-16(23)2/h3-6,10-11,15-16H,1,7-9,12-14H2,2H3,(H,25,30)/t16-,23+/m0/s1. The summed E-state index contributed by atoms with van der Waals surface area (Å²) < 4.78 is 0. The van der Waals surface area contributed by atoms with Crippen LogP contribution in [0.5, 0.6) is 0 Å². The first-order chi connectivity index (χ1) is 15.0. The quantitative estimate of drug-likeness (QED) is 0.549. The highest BCUT2D eigenvalue weighted by molar-refractivity contribution is 7.14. The maximum absolute atomic E-state index is 13.2. The lowest BCUT2D eigenvalue weighted by Gasteiger charge is -2.36. The Balaban J connectivity index is 1.53. The zero-order valence-corrected chi connectivity index (χ0v) is 18.4. The maximum Gasteiger partial charge on any atom is 0.325 e. The van der Waals surface area contributed by atoms with Crippen LogP contribution in [0.2, 0.25) is 0 Å². The minimum Gasteiger partial charge on any atom is -0.323 e. The van der Waals surface area contributed by atoms with Gasteiger partial charge in [0, 0.05) is 17.5 Å². The van der Waals surface area contributed by atoms with Gasteiger partial charge in [0.05, 0.1) is 5.69 Å². The molecule has 1 aromatic carbocycles. The number of nitrogens with one attached hydrogen (secondary N) is 1. The lowest BCUT2D eigenvalue weighted by molar-refractivity contribution is -0.136. The molecule has 1 aliphatic heterocycles. The van der Waals surface area contributed by atoms with Crippen LogP contribution in [0.4, 0.5) is 9.93 Å². The second kappa shape index (κ2) is 8.63. The lowest BCUT2D eigenvalue weighted by atomic mass is 9.73. The summed E-state index contributed by atoms with van der Waals surface area (Å²) in [4.78, 5) is 46.1. The van der Waals surface area contributed by atoms with Gasteiger partial charge in [-0.05, 0) is 18.8 Å². The van der Waals surface area contributed by atoms with Gasteiger partial charge in [-0.2, -0.15) is 0 Å². The van der Waals surface area contributed by atoms with E-state index in [2.05, 4.69) is 16.9 Å². The largest absolute Gasteiger partial charge is 0.325 e. The zero-order valence-electron chi connectivity index (χ0n) is 17.5. The zero-order chi connectivity index (χ0) is 22.0. The second-order valence-corrected chi connectivity index (χ2v) is 8.95. The molecule has 1 aromatic heterocycles. The van der Waals surface area contributed by atoms with Crippen LogP contribution < -0.4 is 10.2 Å². The summed E-state index contributed by atoms with van der Waals surface area (Å²) in [7, 11) is 0. The molecule has 4 amide bonds. The molecule has 0 unspecified atom stereocenters. The highest BCUT2D eigenvalue weighted by Gasteiger charge is 2.55. The fraction of sp³-hybridized carbons (Fsp3) is 0.391. The third-order valence-electron chi connectivity index (χ3n) is 6.20. The molecule has 4 rings (SSSR count). The Hall–Kier alpha value is -3.00. The summed E-state index contributed by atoms with van der Waals surface area (Å²) in [5.74, 6) is -0.604. The fourth-order valence-electron chi connectivity index (χ4n) is 4.41. The number of imide groups is 1. The fourth-order valence-corrected chi connectivity index (χ4v) is 5.27. The van der Waals surface area contributed by atoms with Crippen LogP contribution in [0, 0.1) is 5.92 Å². The van der Waals surface area contributed by atoms with E-state index in [1.165, 1.54) is 16.2 Å². The number of urea groups is 1. The van der Waals surface area contributed by atoms with Gasteiger partial charge in [0.1, 0.15) is 12.1 Å². The molecular weight excluding hydrogens is 412 g/mol. The first kappa shape index (κ1) is 21.2. The summed E-state index contributed by atoms with van der Waals surface area (Å²) in [6, 6.07) is 9.21. The molecule has 2 aromatic rings. The number of benzene rings is 1. The van der Waals surface area contributed by atoms with Gasteiger partial charge in [-0.3, -0.25) is 19.4 Å². The van der Waals surface area contributed by atoms with Gasteiger partial charge in [0.2, 0.25) is 5.91 Å². The lowest BCUT2D eigenvalue weighted by Crippen LogP contribution is -2.54. The van der Waals surface area contributed by atoms with E-state index in [0.717, 1.165) is 35.4 Å². The van der Waals surface area contributed by atoms with Crippen molar-refractivity contribution < 1.29 is 14.4 Å². The van der Waals surface area contributed by atoms with Crippen molar-refractivity contribution in [2.75, 3.05) is 18.0 Å². The summed E-state index contributed by atoms with van der Waals surface area (Å²) in [5.41, 5.74) is 0.853. The molecular formula is C23H26N4O3S. The Kier molecular flexibility index (Phi) is 5.91. The van der Waals surface area contributed by atoms with Crippen molar-refractivity contribution >= 4 is 34.3 Å². The van der Waals surface area contributed by atoms with Crippen molar-refractivity contribution in [3.05, 3.63) is 48.4 Å². The number of thiazole rings is 1. The number of aromatic nitrogens is 1. The van der Waals surface area contributed by atoms with Gasteiger partial charge >= 0.3 is 6.03 Å². The SMILES string of the molecule is C=CCN(C(=O)CN1C(=O)N[C@@]2(CCCC[C@@H]2C)C1=O)c1nc(-c2ccccc2)cs1. The highest BCUT2D eigenvalue weighted by atomic mass is 32.1. The minimum absolute atomic E-state index is 0.0504. The number of amides is 4. The van der Waals surface area contributed by atoms with Gasteiger partial charge in [0.25, 0.3) is 5.91 Å². The van der Waals surface area contributed by atoms with Crippen LogP contribution in [0.3, 0.4) is 0 Å². The van der Waals surface area contributed by atoms with E-state index in [-0.39, 0.29) is 30.8 Å². The number of hydrogen-bond acceptors (Lipinski definition) is 5. The maximum atomic E-state index is 13.2. The molecule has 0 bridgehead atoms. The minimum atomic E-state index is -0.874. The van der Waals surface area contributed by atoms with Crippen LogP contribution in [0.25, 0.3) is 11.3 Å². The van der Waals surface area contributed by atoms with Gasteiger partial charge in [0.15, 0.2) is 5.13 Å². The predicted molar refractivity (Wildman–Crippen MR) is 121 cm³/mol. The van der Waals surface area contributed by atoms with E-state index in [1.807, 2.05) is 42.6 Å². The molecule has 1 N–H and O–H groups in total. The van der Waals surface area contributed by atoms with Crippen molar-refractivity contribution in [1.29, 1.82) is 0 Å². The van der Waals surface area contributed by atoms with Crippen molar-refractivity contribution in [1.82, 2.24) is 15.2 Å². The number of carbonyl (C=O) groups is 3. The molecule has 31 heavy (non-hydrogen) atoms. The van der Waals surface area contributed by atoms with Gasteiger partial charge in [-0.15, -0.1) is 17.9 Å². The van der Waals surface area contributed by atoms with Crippen LogP contribution in [-0.2, 0) is 9.59 Å². The van der Waals surface area contributed by atoms with E-state index in [4.69, 9.17) is 0 Å². The Morgan fingerprint density at radius 2 is 2.13 bits per heavy atom. The first-order valence-electron chi connectivity index (χ1n) is 10.5. The summed E-state index contributed by atoms with van der Waals surface area (Å²) >= 11 is 1.34. The predicted octanol–water partition coefficient (Wildman–Crippen LogP) is 3.83. The molecule has 162 valence electrons. The molecule has 8 heteroatoms. The smallest absolute Gasteiger partial charge is 0.323 e. The normalized spacial score (nSPS) is 23.1. The van der Waals surface area contributed by atoms with E-state index in [0.29, 0.717) is 11.6 Å². The average Bonchev–Trinajstić information content (AvgIpc) is 3.35. The Labute approximate surface area is 185 Å². The number of hydrogen-bond donors (Lipinski definition) is 1. The Bertz CT molecular complexity index is 1010. The van der Waals surface area contributed by atoms with Crippen molar-refractivity contribution in [2.45, 2.75) is 38.1 Å². The van der Waals surface area contributed by atoms with E-state index < -0.39 is 11.6 Å². The van der Waals surface area contributed by atoms with E-state index in [9.17, 15) is 14.4 Å². The molecule has 1 aliphatic carbocycles. The third kappa shape index (κ3) is 3.87. The highest BCUT2D eigenvalue weighted by Crippen LogP contribution is 2.38. The first-order valence-corrected chi connectivity index (χ1v) is 11.4. The van der Waals surface area contributed by atoms with Crippen molar-refractivity contribution in [3.8, 4) is 11.3 Å². The summed E-state index contributed by atoms with van der Waals surface area (Å²) in [6.07, 6.45) is 5.05. The topological polar surface area (TPSA) is 82.6 Å². The molecule has 1 saturated heterocycles. The molecule has 7 nitrogen and oxygen atoms in total. The Morgan fingerprint density at radius 3 is 2.84 bits per heavy atom. The molecule has 2 heterocycles. The molecule has 1 spiro atoms. The Morgan fingerprint density at radius 1 is 1.35 bits per heavy atom. The molecule has 0 radical (unpaired) electrons. The number of anilines is 1. The van der Waals surface area contributed by atoms with Crippen LogP contribution in [-0.4, -0.2) is 46.4 Å². The van der Waals surface area contributed by atoms with E-state index >= 15 is 0 Å².